The molecule has 13 heavy (non-hydrogen) atoms. The van der Waals surface area contributed by atoms with Gasteiger partial charge in [0.25, 0.3) is 0 Å². The lowest BCUT2D eigenvalue weighted by atomic mass is 10.2. The van der Waals surface area contributed by atoms with E-state index in [4.69, 9.17) is 20.8 Å². The van der Waals surface area contributed by atoms with Gasteiger partial charge in [-0.25, -0.2) is 0 Å². The number of hydrogen-bond donors (Lipinski definition) is 2. The van der Waals surface area contributed by atoms with Crippen LogP contribution < -0.4 is 10.5 Å². The first kappa shape index (κ1) is 9.36. The van der Waals surface area contributed by atoms with Crippen molar-refractivity contribution < 1.29 is 9.84 Å². The van der Waals surface area contributed by atoms with Crippen LogP contribution in [0.1, 0.15) is 5.56 Å². The van der Waals surface area contributed by atoms with Crippen LogP contribution in [0.15, 0.2) is 18.2 Å². The van der Waals surface area contributed by atoms with Gasteiger partial charge in [-0.3, -0.25) is 0 Å². The lowest BCUT2D eigenvalue weighted by Gasteiger charge is -2.05. The van der Waals surface area contributed by atoms with Crippen LogP contribution in [0.4, 0.5) is 5.69 Å². The van der Waals surface area contributed by atoms with Crippen molar-refractivity contribution in [1.82, 2.24) is 0 Å². The van der Waals surface area contributed by atoms with Gasteiger partial charge in [0.15, 0.2) is 0 Å². The molecule has 4 nitrogen and oxygen atoms in total. The number of nitrogens with zero attached hydrogens (tertiary/aromatic N) is 1. The first-order chi connectivity index (χ1) is 6.27. The van der Waals surface area contributed by atoms with Crippen LogP contribution in [0.2, 0.25) is 0 Å². The van der Waals surface area contributed by atoms with Gasteiger partial charge < -0.3 is 15.6 Å². The third-order valence-electron chi connectivity index (χ3n) is 1.47. The molecule has 0 aliphatic carbocycles. The second-order valence-corrected chi connectivity index (χ2v) is 2.44. The molecule has 4 heteroatoms. The summed E-state index contributed by atoms with van der Waals surface area (Å²) >= 11 is 0. The maximum absolute atomic E-state index is 8.69. The third kappa shape index (κ3) is 2.36. The average molecular weight is 178 g/mol. The van der Waals surface area contributed by atoms with Gasteiger partial charge in [0.2, 0.25) is 0 Å². The summed E-state index contributed by atoms with van der Waals surface area (Å²) in [4.78, 5) is 0. The zero-order valence-electron chi connectivity index (χ0n) is 7.03. The predicted molar refractivity (Wildman–Crippen MR) is 48.2 cm³/mol. The zero-order valence-corrected chi connectivity index (χ0v) is 7.03. The maximum Gasteiger partial charge on any atom is 0.137 e. The molecule has 0 fully saturated rings. The molecule has 3 N–H and O–H groups in total. The Balaban J connectivity index is 2.88. The van der Waals surface area contributed by atoms with Crippen LogP contribution in [0.3, 0.4) is 0 Å². The average Bonchev–Trinajstić information content (AvgIpc) is 2.16. The number of ether oxygens (including phenoxy) is 1. The molecule has 0 atom stereocenters. The van der Waals surface area contributed by atoms with Crippen LogP contribution in [0, 0.1) is 11.3 Å². The van der Waals surface area contributed by atoms with E-state index in [0.717, 1.165) is 0 Å². The Hall–Kier alpha value is -1.73. The minimum absolute atomic E-state index is 0.0742. The molecular weight excluding hydrogens is 168 g/mol. The molecule has 68 valence electrons. The summed E-state index contributed by atoms with van der Waals surface area (Å²) < 4.78 is 5.10. The van der Waals surface area contributed by atoms with Gasteiger partial charge in [-0.2, -0.15) is 5.26 Å². The highest BCUT2D eigenvalue weighted by atomic mass is 16.5. The van der Waals surface area contributed by atoms with E-state index in [1.54, 1.807) is 12.1 Å². The highest BCUT2D eigenvalue weighted by Crippen LogP contribution is 2.19. The summed E-state index contributed by atoms with van der Waals surface area (Å²) in [5, 5.41) is 17.2. The summed E-state index contributed by atoms with van der Waals surface area (Å²) in [6.07, 6.45) is 0. The van der Waals surface area contributed by atoms with Gasteiger partial charge in [0, 0.05) is 5.69 Å². The summed E-state index contributed by atoms with van der Waals surface area (Å²) in [5.74, 6) is 0.450. The Bertz CT molecular complexity index is 331. The molecule has 0 aliphatic heterocycles. The number of hydrogen-bond acceptors (Lipinski definition) is 4. The standard InChI is InChI=1S/C9H10N2O2/c10-6-7-5-8(11)1-2-9(7)13-4-3-12/h1-2,5,12H,3-4,11H2. The first-order valence-electron chi connectivity index (χ1n) is 3.81. The Labute approximate surface area is 76.2 Å². The van der Waals surface area contributed by atoms with E-state index in [1.807, 2.05) is 6.07 Å². The van der Waals surface area contributed by atoms with E-state index in [9.17, 15) is 0 Å². The number of nitriles is 1. The van der Waals surface area contributed by atoms with Crippen molar-refractivity contribution in [2.45, 2.75) is 0 Å². The highest BCUT2D eigenvalue weighted by Gasteiger charge is 2.02. The van der Waals surface area contributed by atoms with Crippen LogP contribution in [0.5, 0.6) is 5.75 Å². The largest absolute Gasteiger partial charge is 0.490 e. The van der Waals surface area contributed by atoms with Crippen molar-refractivity contribution in [1.29, 1.82) is 5.26 Å². The Morgan fingerprint density at radius 2 is 2.31 bits per heavy atom. The molecule has 1 aromatic carbocycles. The second-order valence-electron chi connectivity index (χ2n) is 2.44. The van der Waals surface area contributed by atoms with E-state index in [2.05, 4.69) is 0 Å². The number of nitrogens with two attached hydrogens (primary N) is 1. The maximum atomic E-state index is 8.69. The van der Waals surface area contributed by atoms with Crippen LogP contribution in [-0.2, 0) is 0 Å². The van der Waals surface area contributed by atoms with Gasteiger partial charge in [0.1, 0.15) is 18.4 Å². The van der Waals surface area contributed by atoms with Crippen molar-refractivity contribution in [3.63, 3.8) is 0 Å². The normalized spacial score (nSPS) is 9.23. The quantitative estimate of drug-likeness (QED) is 0.661. The highest BCUT2D eigenvalue weighted by molar-refractivity contribution is 5.53. The van der Waals surface area contributed by atoms with Gasteiger partial charge >= 0.3 is 0 Å². The number of aliphatic hydroxyl groups is 1. The van der Waals surface area contributed by atoms with E-state index in [1.165, 1.54) is 6.07 Å². The minimum atomic E-state index is -0.0742. The molecule has 0 aromatic heterocycles. The topological polar surface area (TPSA) is 79.3 Å². The minimum Gasteiger partial charge on any atom is -0.490 e. The number of anilines is 1. The lowest BCUT2D eigenvalue weighted by Crippen LogP contribution is -2.03. The Morgan fingerprint density at radius 3 is 2.92 bits per heavy atom. The number of aliphatic hydroxyl groups excluding tert-OH is 1. The van der Waals surface area contributed by atoms with Gasteiger partial charge in [0.05, 0.1) is 12.2 Å². The summed E-state index contributed by atoms with van der Waals surface area (Å²) in [7, 11) is 0. The number of nitrogen functional groups attached to an aromatic ring is 1. The molecule has 0 amide bonds. The van der Waals surface area contributed by atoms with Gasteiger partial charge in [-0.1, -0.05) is 0 Å². The van der Waals surface area contributed by atoms with Crippen LogP contribution in [0.25, 0.3) is 0 Å². The molecular formula is C9H10N2O2. The van der Waals surface area contributed by atoms with Gasteiger partial charge in [-0.15, -0.1) is 0 Å². The molecule has 0 aliphatic rings. The summed E-state index contributed by atoms with van der Waals surface area (Å²) in [5.41, 5.74) is 6.38. The number of rotatable bonds is 3. The Morgan fingerprint density at radius 1 is 1.54 bits per heavy atom. The first-order valence-corrected chi connectivity index (χ1v) is 3.81. The molecule has 0 heterocycles. The van der Waals surface area contributed by atoms with E-state index < -0.39 is 0 Å². The summed E-state index contributed by atoms with van der Waals surface area (Å²) in [6.45, 7) is 0.105. The molecule has 0 saturated carbocycles. The zero-order chi connectivity index (χ0) is 9.68. The van der Waals surface area contributed by atoms with E-state index in [0.29, 0.717) is 17.0 Å². The van der Waals surface area contributed by atoms with Gasteiger partial charge in [-0.05, 0) is 18.2 Å². The van der Waals surface area contributed by atoms with Crippen molar-refractivity contribution in [2.24, 2.45) is 0 Å². The van der Waals surface area contributed by atoms with Crippen molar-refractivity contribution >= 4 is 5.69 Å². The number of benzene rings is 1. The molecule has 1 rings (SSSR count). The van der Waals surface area contributed by atoms with Crippen molar-refractivity contribution in [2.75, 3.05) is 18.9 Å². The monoisotopic (exact) mass is 178 g/mol. The third-order valence-corrected chi connectivity index (χ3v) is 1.47. The second kappa shape index (κ2) is 4.33. The van der Waals surface area contributed by atoms with E-state index in [-0.39, 0.29) is 13.2 Å². The SMILES string of the molecule is N#Cc1cc(N)ccc1OCCO. The summed E-state index contributed by atoms with van der Waals surface area (Å²) in [6, 6.07) is 6.75. The van der Waals surface area contributed by atoms with Crippen LogP contribution >= 0.6 is 0 Å². The fourth-order valence-corrected chi connectivity index (χ4v) is 0.916. The molecule has 1 aromatic rings. The lowest BCUT2D eigenvalue weighted by molar-refractivity contribution is 0.201. The smallest absolute Gasteiger partial charge is 0.137 e. The fraction of sp³-hybridized carbons (Fsp3) is 0.222. The van der Waals surface area contributed by atoms with E-state index >= 15 is 0 Å². The predicted octanol–water partition coefficient (Wildman–Crippen LogP) is 0.512. The molecule has 0 saturated heterocycles. The molecule has 0 radical (unpaired) electrons. The molecule has 0 bridgehead atoms. The Kier molecular flexibility index (Phi) is 3.12. The van der Waals surface area contributed by atoms with Crippen molar-refractivity contribution in [3.05, 3.63) is 23.8 Å². The van der Waals surface area contributed by atoms with Crippen molar-refractivity contribution in [3.8, 4) is 11.8 Å². The fourth-order valence-electron chi connectivity index (χ4n) is 0.916. The molecule has 0 spiro atoms. The molecule has 0 unspecified atom stereocenters. The van der Waals surface area contributed by atoms with Crippen LogP contribution in [-0.4, -0.2) is 18.3 Å².